The van der Waals surface area contributed by atoms with Crippen molar-refractivity contribution in [3.8, 4) is 5.75 Å². The number of rotatable bonds is 4. The minimum Gasteiger partial charge on any atom is -0.481 e. The summed E-state index contributed by atoms with van der Waals surface area (Å²) in [7, 11) is 0. The smallest absolute Gasteiger partial charge is 0.265 e. The maximum Gasteiger partial charge on any atom is 0.265 e. The van der Waals surface area contributed by atoms with E-state index in [9.17, 15) is 4.79 Å². The third-order valence-electron chi connectivity index (χ3n) is 3.02. The molecule has 0 saturated heterocycles. The first kappa shape index (κ1) is 15.7. The number of amides is 1. The van der Waals surface area contributed by atoms with Gasteiger partial charge in [0.15, 0.2) is 6.10 Å². The van der Waals surface area contributed by atoms with Crippen LogP contribution in [0.1, 0.15) is 12.5 Å². The summed E-state index contributed by atoms with van der Waals surface area (Å²) in [5, 5.41) is 4.04. The van der Waals surface area contributed by atoms with E-state index >= 15 is 0 Å². The summed E-state index contributed by atoms with van der Waals surface area (Å²) in [4.78, 5) is 12.1. The Bertz CT molecular complexity index is 641. The zero-order valence-corrected chi connectivity index (χ0v) is 13.2. The molecule has 3 nitrogen and oxygen atoms in total. The van der Waals surface area contributed by atoms with Gasteiger partial charge in [0.25, 0.3) is 5.91 Å². The van der Waals surface area contributed by atoms with Crippen molar-refractivity contribution in [1.82, 2.24) is 0 Å². The molecule has 1 amide bonds. The van der Waals surface area contributed by atoms with Crippen LogP contribution in [0.5, 0.6) is 5.75 Å². The summed E-state index contributed by atoms with van der Waals surface area (Å²) in [5.41, 5.74) is 1.50. The number of benzene rings is 2. The van der Waals surface area contributed by atoms with Crippen LogP contribution in [0.2, 0.25) is 10.0 Å². The second kappa shape index (κ2) is 6.83. The maximum absolute atomic E-state index is 12.1. The molecule has 1 N–H and O–H groups in total. The summed E-state index contributed by atoms with van der Waals surface area (Å²) in [6.07, 6.45) is -0.635. The van der Waals surface area contributed by atoms with Gasteiger partial charge in [0.2, 0.25) is 0 Å². The molecule has 0 spiro atoms. The van der Waals surface area contributed by atoms with Gasteiger partial charge in [-0.25, -0.2) is 0 Å². The molecule has 0 radical (unpaired) electrons. The van der Waals surface area contributed by atoms with Crippen molar-refractivity contribution in [3.63, 3.8) is 0 Å². The summed E-state index contributed by atoms with van der Waals surface area (Å²) < 4.78 is 5.57. The predicted molar refractivity (Wildman–Crippen MR) is 86.4 cm³/mol. The first-order valence-electron chi connectivity index (χ1n) is 6.45. The SMILES string of the molecule is Cc1c(Cl)cccc1NC(=O)[C@@H](C)Oc1ccc(Cl)cc1. The Morgan fingerprint density at radius 1 is 1.14 bits per heavy atom. The molecule has 0 heterocycles. The van der Waals surface area contributed by atoms with Crippen molar-refractivity contribution in [1.29, 1.82) is 0 Å². The predicted octanol–water partition coefficient (Wildman–Crippen LogP) is 4.71. The van der Waals surface area contributed by atoms with E-state index in [4.69, 9.17) is 27.9 Å². The van der Waals surface area contributed by atoms with Gasteiger partial charge in [-0.1, -0.05) is 29.3 Å². The number of hydrogen-bond acceptors (Lipinski definition) is 2. The van der Waals surface area contributed by atoms with Gasteiger partial charge in [0, 0.05) is 15.7 Å². The quantitative estimate of drug-likeness (QED) is 0.885. The monoisotopic (exact) mass is 323 g/mol. The number of anilines is 1. The second-order valence-electron chi connectivity index (χ2n) is 4.62. The maximum atomic E-state index is 12.1. The van der Waals surface area contributed by atoms with Crippen LogP contribution in [-0.4, -0.2) is 12.0 Å². The summed E-state index contributed by atoms with van der Waals surface area (Å²) in [6, 6.07) is 12.2. The van der Waals surface area contributed by atoms with Crippen molar-refractivity contribution in [2.24, 2.45) is 0 Å². The van der Waals surface area contributed by atoms with Gasteiger partial charge in [-0.15, -0.1) is 0 Å². The average Bonchev–Trinajstić information content (AvgIpc) is 2.46. The molecule has 0 aliphatic carbocycles. The van der Waals surface area contributed by atoms with Gasteiger partial charge in [-0.3, -0.25) is 4.79 Å². The Morgan fingerprint density at radius 3 is 2.48 bits per heavy atom. The van der Waals surface area contributed by atoms with Gasteiger partial charge in [-0.05, 0) is 55.8 Å². The van der Waals surface area contributed by atoms with E-state index in [-0.39, 0.29) is 5.91 Å². The van der Waals surface area contributed by atoms with E-state index in [2.05, 4.69) is 5.32 Å². The highest BCUT2D eigenvalue weighted by atomic mass is 35.5. The average molecular weight is 324 g/mol. The van der Waals surface area contributed by atoms with Crippen molar-refractivity contribution in [3.05, 3.63) is 58.1 Å². The van der Waals surface area contributed by atoms with Crippen LogP contribution in [-0.2, 0) is 4.79 Å². The van der Waals surface area contributed by atoms with Crippen molar-refractivity contribution >= 4 is 34.8 Å². The Morgan fingerprint density at radius 2 is 1.81 bits per heavy atom. The number of carbonyl (C=O) groups excluding carboxylic acids is 1. The van der Waals surface area contributed by atoms with E-state index in [1.54, 1.807) is 49.4 Å². The Balaban J connectivity index is 2.02. The zero-order chi connectivity index (χ0) is 15.4. The highest BCUT2D eigenvalue weighted by Crippen LogP contribution is 2.23. The topological polar surface area (TPSA) is 38.3 Å². The molecule has 0 aliphatic heterocycles. The largest absolute Gasteiger partial charge is 0.481 e. The van der Waals surface area contributed by atoms with Crippen LogP contribution in [0, 0.1) is 6.92 Å². The standard InChI is InChI=1S/C16H15Cl2NO2/c1-10-14(18)4-3-5-15(10)19-16(20)11(2)21-13-8-6-12(17)7-9-13/h3-9,11H,1-2H3,(H,19,20)/t11-/m1/s1. The molecule has 0 bridgehead atoms. The Hall–Kier alpha value is -1.71. The first-order chi connectivity index (χ1) is 9.97. The summed E-state index contributed by atoms with van der Waals surface area (Å²) >= 11 is 11.8. The van der Waals surface area contributed by atoms with E-state index in [0.29, 0.717) is 21.5 Å². The molecule has 0 unspecified atom stereocenters. The van der Waals surface area contributed by atoms with Crippen molar-refractivity contribution in [2.75, 3.05) is 5.32 Å². The molecule has 2 rings (SSSR count). The lowest BCUT2D eigenvalue weighted by atomic mass is 10.2. The minimum atomic E-state index is -0.635. The first-order valence-corrected chi connectivity index (χ1v) is 7.21. The van der Waals surface area contributed by atoms with Crippen LogP contribution in [0.3, 0.4) is 0 Å². The van der Waals surface area contributed by atoms with E-state index in [0.717, 1.165) is 5.56 Å². The minimum absolute atomic E-state index is 0.240. The molecule has 0 saturated carbocycles. The third kappa shape index (κ3) is 4.13. The number of halogens is 2. The highest BCUT2D eigenvalue weighted by molar-refractivity contribution is 6.31. The lowest BCUT2D eigenvalue weighted by molar-refractivity contribution is -0.122. The zero-order valence-electron chi connectivity index (χ0n) is 11.7. The van der Waals surface area contributed by atoms with E-state index in [1.165, 1.54) is 0 Å². The molecule has 5 heteroatoms. The normalized spacial score (nSPS) is 11.8. The Kier molecular flexibility index (Phi) is 5.10. The highest BCUT2D eigenvalue weighted by Gasteiger charge is 2.16. The Labute approximate surface area is 133 Å². The molecule has 1 atom stereocenters. The van der Waals surface area contributed by atoms with Crippen LogP contribution >= 0.6 is 23.2 Å². The molecular formula is C16H15Cl2NO2. The second-order valence-corrected chi connectivity index (χ2v) is 5.46. The molecule has 2 aromatic carbocycles. The molecule has 21 heavy (non-hydrogen) atoms. The van der Waals surface area contributed by atoms with Gasteiger partial charge in [0.1, 0.15) is 5.75 Å². The van der Waals surface area contributed by atoms with E-state index in [1.807, 2.05) is 6.92 Å². The number of nitrogens with one attached hydrogen (secondary N) is 1. The van der Waals surface area contributed by atoms with Crippen LogP contribution in [0.4, 0.5) is 5.69 Å². The molecule has 2 aromatic rings. The van der Waals surface area contributed by atoms with Gasteiger partial charge in [0.05, 0.1) is 0 Å². The van der Waals surface area contributed by atoms with Crippen LogP contribution in [0.25, 0.3) is 0 Å². The fourth-order valence-corrected chi connectivity index (χ4v) is 2.05. The lowest BCUT2D eigenvalue weighted by Crippen LogP contribution is -2.30. The number of hydrogen-bond donors (Lipinski definition) is 1. The number of ether oxygens (including phenoxy) is 1. The van der Waals surface area contributed by atoms with Crippen molar-refractivity contribution < 1.29 is 9.53 Å². The number of carbonyl (C=O) groups is 1. The fourth-order valence-electron chi connectivity index (χ4n) is 1.75. The summed E-state index contributed by atoms with van der Waals surface area (Å²) in [5.74, 6) is 0.347. The molecule has 0 aromatic heterocycles. The third-order valence-corrected chi connectivity index (χ3v) is 3.68. The molecule has 110 valence electrons. The fraction of sp³-hybridized carbons (Fsp3) is 0.188. The van der Waals surface area contributed by atoms with Gasteiger partial charge < -0.3 is 10.1 Å². The van der Waals surface area contributed by atoms with Crippen LogP contribution in [0.15, 0.2) is 42.5 Å². The van der Waals surface area contributed by atoms with Gasteiger partial charge >= 0.3 is 0 Å². The van der Waals surface area contributed by atoms with Crippen LogP contribution < -0.4 is 10.1 Å². The molecular weight excluding hydrogens is 309 g/mol. The van der Waals surface area contributed by atoms with E-state index < -0.39 is 6.10 Å². The lowest BCUT2D eigenvalue weighted by Gasteiger charge is -2.16. The molecule has 0 aliphatic rings. The van der Waals surface area contributed by atoms with Gasteiger partial charge in [-0.2, -0.15) is 0 Å². The summed E-state index contributed by atoms with van der Waals surface area (Å²) in [6.45, 7) is 3.53. The molecule has 0 fully saturated rings. The van der Waals surface area contributed by atoms with Crippen molar-refractivity contribution in [2.45, 2.75) is 20.0 Å².